The van der Waals surface area contributed by atoms with Gasteiger partial charge < -0.3 is 15.2 Å². The lowest BCUT2D eigenvalue weighted by Crippen LogP contribution is -2.38. The summed E-state index contributed by atoms with van der Waals surface area (Å²) in [5.74, 6) is 0. The topological polar surface area (TPSA) is 58.6 Å². The fourth-order valence-electron chi connectivity index (χ4n) is 1.58. The molecular formula is C12H21NO3. The number of alkyl carbamates (subject to hydrolysis) is 1. The standard InChI is InChI=1S/C12H21NO3/c1-12(2,3)16-11(15)13-9-5-4-6-10(14)8-7-9/h7-10,14H,4-6H2,1-3H3,(H,13,15)/t9-,10+/m0/s1. The minimum Gasteiger partial charge on any atom is -0.444 e. The summed E-state index contributed by atoms with van der Waals surface area (Å²) in [6.07, 6.45) is 5.27. The average Bonchev–Trinajstić information content (AvgIpc) is 2.27. The fourth-order valence-corrected chi connectivity index (χ4v) is 1.58. The van der Waals surface area contributed by atoms with E-state index in [2.05, 4.69) is 5.32 Å². The zero-order chi connectivity index (χ0) is 12.2. The molecular weight excluding hydrogens is 206 g/mol. The smallest absolute Gasteiger partial charge is 0.408 e. The first-order valence-electron chi connectivity index (χ1n) is 5.73. The maximum Gasteiger partial charge on any atom is 0.408 e. The van der Waals surface area contributed by atoms with Gasteiger partial charge in [-0.05, 0) is 40.0 Å². The molecule has 0 fully saturated rings. The molecule has 0 radical (unpaired) electrons. The summed E-state index contributed by atoms with van der Waals surface area (Å²) in [5, 5.41) is 12.2. The summed E-state index contributed by atoms with van der Waals surface area (Å²) in [5.41, 5.74) is -0.474. The van der Waals surface area contributed by atoms with Crippen LogP contribution < -0.4 is 5.32 Å². The molecule has 0 aliphatic heterocycles. The molecule has 0 saturated carbocycles. The van der Waals surface area contributed by atoms with Gasteiger partial charge in [0.2, 0.25) is 0 Å². The highest BCUT2D eigenvalue weighted by molar-refractivity contribution is 5.68. The van der Waals surface area contributed by atoms with Gasteiger partial charge in [0.15, 0.2) is 0 Å². The van der Waals surface area contributed by atoms with Crippen LogP contribution in [0.15, 0.2) is 12.2 Å². The Balaban J connectivity index is 2.42. The summed E-state index contributed by atoms with van der Waals surface area (Å²) in [6.45, 7) is 5.50. The molecule has 4 heteroatoms. The molecule has 1 aliphatic rings. The van der Waals surface area contributed by atoms with Crippen LogP contribution in [0.4, 0.5) is 4.79 Å². The molecule has 16 heavy (non-hydrogen) atoms. The lowest BCUT2D eigenvalue weighted by atomic mass is 10.1. The Morgan fingerprint density at radius 3 is 2.69 bits per heavy atom. The number of ether oxygens (including phenoxy) is 1. The molecule has 0 aromatic rings. The molecule has 92 valence electrons. The third kappa shape index (κ3) is 5.16. The monoisotopic (exact) mass is 227 g/mol. The number of carbonyl (C=O) groups is 1. The fraction of sp³-hybridized carbons (Fsp3) is 0.750. The third-order valence-electron chi connectivity index (χ3n) is 2.28. The molecule has 0 aromatic heterocycles. The van der Waals surface area contributed by atoms with Gasteiger partial charge in [-0.2, -0.15) is 0 Å². The lowest BCUT2D eigenvalue weighted by Gasteiger charge is -2.21. The Bertz CT molecular complexity index is 268. The van der Waals surface area contributed by atoms with Crippen molar-refractivity contribution in [2.45, 2.75) is 57.8 Å². The molecule has 1 aliphatic carbocycles. The quantitative estimate of drug-likeness (QED) is 0.673. The highest BCUT2D eigenvalue weighted by atomic mass is 16.6. The summed E-state index contributed by atoms with van der Waals surface area (Å²) in [7, 11) is 0. The van der Waals surface area contributed by atoms with Crippen LogP contribution >= 0.6 is 0 Å². The lowest BCUT2D eigenvalue weighted by molar-refractivity contribution is 0.0512. The molecule has 1 amide bonds. The summed E-state index contributed by atoms with van der Waals surface area (Å²) < 4.78 is 5.16. The Morgan fingerprint density at radius 1 is 1.38 bits per heavy atom. The molecule has 0 spiro atoms. The molecule has 1 rings (SSSR count). The highest BCUT2D eigenvalue weighted by Crippen LogP contribution is 2.13. The second kappa shape index (κ2) is 5.34. The van der Waals surface area contributed by atoms with Crippen molar-refractivity contribution in [2.24, 2.45) is 0 Å². The highest BCUT2D eigenvalue weighted by Gasteiger charge is 2.19. The van der Waals surface area contributed by atoms with E-state index in [1.807, 2.05) is 26.8 Å². The van der Waals surface area contributed by atoms with E-state index in [1.54, 1.807) is 6.08 Å². The second-order valence-corrected chi connectivity index (χ2v) is 5.14. The normalized spacial score (nSPS) is 26.0. The number of carbonyl (C=O) groups excluding carboxylic acids is 1. The Hall–Kier alpha value is -1.03. The van der Waals surface area contributed by atoms with Gasteiger partial charge in [-0.15, -0.1) is 0 Å². The molecule has 0 unspecified atom stereocenters. The maximum absolute atomic E-state index is 11.5. The summed E-state index contributed by atoms with van der Waals surface area (Å²) >= 11 is 0. The predicted octanol–water partition coefficient (Wildman–Crippen LogP) is 1.98. The van der Waals surface area contributed by atoms with Crippen molar-refractivity contribution in [2.75, 3.05) is 0 Å². The van der Waals surface area contributed by atoms with Crippen LogP contribution in [-0.4, -0.2) is 28.9 Å². The Labute approximate surface area is 96.7 Å². The molecule has 4 nitrogen and oxygen atoms in total. The van der Waals surface area contributed by atoms with Crippen LogP contribution in [0, 0.1) is 0 Å². The second-order valence-electron chi connectivity index (χ2n) is 5.14. The molecule has 0 saturated heterocycles. The number of rotatable bonds is 1. The van der Waals surface area contributed by atoms with E-state index in [9.17, 15) is 9.90 Å². The van der Waals surface area contributed by atoms with E-state index in [4.69, 9.17) is 4.74 Å². The van der Waals surface area contributed by atoms with Crippen LogP contribution in [0.5, 0.6) is 0 Å². The maximum atomic E-state index is 11.5. The number of nitrogens with one attached hydrogen (secondary N) is 1. The van der Waals surface area contributed by atoms with Crippen molar-refractivity contribution in [3.63, 3.8) is 0 Å². The van der Waals surface area contributed by atoms with Crippen LogP contribution in [0.3, 0.4) is 0 Å². The third-order valence-corrected chi connectivity index (χ3v) is 2.28. The van der Waals surface area contributed by atoms with Gasteiger partial charge in [0.25, 0.3) is 0 Å². The van der Waals surface area contributed by atoms with Crippen molar-refractivity contribution < 1.29 is 14.6 Å². The zero-order valence-electron chi connectivity index (χ0n) is 10.2. The van der Waals surface area contributed by atoms with E-state index < -0.39 is 11.7 Å². The van der Waals surface area contributed by atoms with Gasteiger partial charge >= 0.3 is 6.09 Å². The average molecular weight is 227 g/mol. The first-order valence-corrected chi connectivity index (χ1v) is 5.73. The summed E-state index contributed by atoms with van der Waals surface area (Å²) in [4.78, 5) is 11.5. The zero-order valence-corrected chi connectivity index (χ0v) is 10.2. The SMILES string of the molecule is CC(C)(C)OC(=O)N[C@@H]1C=C[C@H](O)CCC1. The number of hydrogen-bond donors (Lipinski definition) is 2. The number of aliphatic hydroxyl groups is 1. The van der Waals surface area contributed by atoms with E-state index in [0.717, 1.165) is 19.3 Å². The van der Waals surface area contributed by atoms with Crippen molar-refractivity contribution >= 4 is 6.09 Å². The summed E-state index contributed by atoms with van der Waals surface area (Å²) in [6, 6.07) is -0.0352. The van der Waals surface area contributed by atoms with E-state index in [-0.39, 0.29) is 12.1 Å². The number of amides is 1. The van der Waals surface area contributed by atoms with Crippen LogP contribution in [0.25, 0.3) is 0 Å². The molecule has 0 heterocycles. The predicted molar refractivity (Wildman–Crippen MR) is 62.2 cm³/mol. The molecule has 0 aromatic carbocycles. The van der Waals surface area contributed by atoms with Crippen LogP contribution in [0.2, 0.25) is 0 Å². The van der Waals surface area contributed by atoms with Gasteiger partial charge in [0.05, 0.1) is 12.1 Å². The van der Waals surface area contributed by atoms with E-state index in [0.29, 0.717) is 0 Å². The molecule has 0 bridgehead atoms. The van der Waals surface area contributed by atoms with E-state index in [1.165, 1.54) is 0 Å². The Kier molecular flexibility index (Phi) is 4.35. The van der Waals surface area contributed by atoms with Crippen molar-refractivity contribution in [1.29, 1.82) is 0 Å². The van der Waals surface area contributed by atoms with Gasteiger partial charge in [-0.1, -0.05) is 12.2 Å². The van der Waals surface area contributed by atoms with Crippen LogP contribution in [-0.2, 0) is 4.74 Å². The van der Waals surface area contributed by atoms with Crippen LogP contribution in [0.1, 0.15) is 40.0 Å². The minimum absolute atomic E-state index is 0.0352. The van der Waals surface area contributed by atoms with Gasteiger partial charge in [-0.3, -0.25) is 0 Å². The Morgan fingerprint density at radius 2 is 2.06 bits per heavy atom. The molecule has 2 N–H and O–H groups in total. The van der Waals surface area contributed by atoms with Gasteiger partial charge in [0, 0.05) is 0 Å². The first-order chi connectivity index (χ1) is 7.37. The van der Waals surface area contributed by atoms with E-state index >= 15 is 0 Å². The number of aliphatic hydroxyl groups excluding tert-OH is 1. The number of hydrogen-bond acceptors (Lipinski definition) is 3. The van der Waals surface area contributed by atoms with Crippen molar-refractivity contribution in [1.82, 2.24) is 5.32 Å². The largest absolute Gasteiger partial charge is 0.444 e. The molecule has 2 atom stereocenters. The first kappa shape index (κ1) is 13.0. The minimum atomic E-state index is -0.474. The van der Waals surface area contributed by atoms with Crippen molar-refractivity contribution in [3.8, 4) is 0 Å². The van der Waals surface area contributed by atoms with Crippen molar-refractivity contribution in [3.05, 3.63) is 12.2 Å². The van der Waals surface area contributed by atoms with Gasteiger partial charge in [-0.25, -0.2) is 4.79 Å². The van der Waals surface area contributed by atoms with Gasteiger partial charge in [0.1, 0.15) is 5.60 Å².